The maximum atomic E-state index is 9.43. The second-order valence-corrected chi connectivity index (χ2v) is 2.81. The summed E-state index contributed by atoms with van der Waals surface area (Å²) in [7, 11) is 0. The smallest absolute Gasteiger partial charge is 0.691 e. The summed E-state index contributed by atoms with van der Waals surface area (Å²) in [4.78, 5) is 0.839. The van der Waals surface area contributed by atoms with E-state index in [1.807, 2.05) is 31.2 Å². The van der Waals surface area contributed by atoms with Gasteiger partial charge >= 0.3 is 18.9 Å². The maximum absolute atomic E-state index is 9.43. The van der Waals surface area contributed by atoms with Crippen molar-refractivity contribution in [3.05, 3.63) is 29.8 Å². The third-order valence-electron chi connectivity index (χ3n) is 1.18. The van der Waals surface area contributed by atoms with Crippen molar-refractivity contribution in [1.29, 1.82) is 0 Å². The second-order valence-electron chi connectivity index (χ2n) is 2.03. The van der Waals surface area contributed by atoms with Crippen LogP contribution in [0, 0.1) is 6.92 Å². The molecule has 1 aromatic rings. The summed E-state index contributed by atoms with van der Waals surface area (Å²) >= 11 is 0.894. The zero-order chi connectivity index (χ0) is 8.10. The molecule has 0 aromatic heterocycles. The van der Waals surface area contributed by atoms with Gasteiger partial charge in [-0.3, -0.25) is 5.04 Å². The van der Waals surface area contributed by atoms with Gasteiger partial charge in [0.25, 0.3) is 0 Å². The van der Waals surface area contributed by atoms with Crippen LogP contribution in [0.15, 0.2) is 29.2 Å². The molecule has 60 valence electrons. The van der Waals surface area contributed by atoms with Gasteiger partial charge in [0.15, 0.2) is 0 Å². The molecule has 0 atom stereocenters. The number of hydrogen-bond donors (Lipinski definition) is 0. The average Bonchev–Trinajstić information content (AvgIpc) is 2.04. The van der Waals surface area contributed by atoms with Gasteiger partial charge in [-0.05, 0) is 19.1 Å². The van der Waals surface area contributed by atoms with Crippen molar-refractivity contribution in [2.24, 2.45) is 0 Å². The SMILES string of the molecule is Cc1ccc(SOO[O-])cc1.[Li+]. The molecule has 0 aliphatic heterocycles. The Hall–Kier alpha value is 0.0474. The quantitative estimate of drug-likeness (QED) is 0.238. The monoisotopic (exact) mass is 178 g/mol. The van der Waals surface area contributed by atoms with E-state index in [0.717, 1.165) is 22.5 Å². The molecule has 1 rings (SSSR count). The zero-order valence-corrected chi connectivity index (χ0v) is 7.76. The molecule has 0 amide bonds. The van der Waals surface area contributed by atoms with Gasteiger partial charge in [0, 0.05) is 4.90 Å². The zero-order valence-electron chi connectivity index (χ0n) is 6.94. The van der Waals surface area contributed by atoms with Gasteiger partial charge < -0.3 is 5.26 Å². The minimum absolute atomic E-state index is 0. The summed E-state index contributed by atoms with van der Waals surface area (Å²) < 4.78 is 4.12. The molecule has 5 heteroatoms. The Balaban J connectivity index is 0.00000121. The van der Waals surface area contributed by atoms with E-state index in [-0.39, 0.29) is 18.9 Å². The molecule has 0 aliphatic carbocycles. The first-order valence-electron chi connectivity index (χ1n) is 3.03. The van der Waals surface area contributed by atoms with E-state index in [1.54, 1.807) is 0 Å². The van der Waals surface area contributed by atoms with Crippen molar-refractivity contribution in [1.82, 2.24) is 0 Å². The number of benzene rings is 1. The summed E-state index contributed by atoms with van der Waals surface area (Å²) in [5.74, 6) is 0. The molecule has 1 aromatic carbocycles. The molecule has 0 heterocycles. The molecular weight excluding hydrogens is 171 g/mol. The number of hydrogen-bond acceptors (Lipinski definition) is 4. The first-order chi connectivity index (χ1) is 5.33. The van der Waals surface area contributed by atoms with Crippen LogP contribution in [0.5, 0.6) is 0 Å². The summed E-state index contributed by atoms with van der Waals surface area (Å²) in [6.45, 7) is 1.99. The fourth-order valence-electron chi connectivity index (χ4n) is 0.647. The summed E-state index contributed by atoms with van der Waals surface area (Å²) in [6, 6.07) is 7.55. The largest absolute Gasteiger partial charge is 1.00 e. The van der Waals surface area contributed by atoms with E-state index in [4.69, 9.17) is 0 Å². The Kier molecular flexibility index (Phi) is 6.58. The third kappa shape index (κ3) is 4.17. The fourth-order valence-corrected chi connectivity index (χ4v) is 1.00. The van der Waals surface area contributed by atoms with Crippen molar-refractivity contribution in [2.45, 2.75) is 11.8 Å². The second kappa shape index (κ2) is 6.55. The van der Waals surface area contributed by atoms with Gasteiger partial charge in [0.1, 0.15) is 0 Å². The average molecular weight is 178 g/mol. The molecule has 0 saturated heterocycles. The molecule has 0 radical (unpaired) electrons. The van der Waals surface area contributed by atoms with Crippen LogP contribution in [0.1, 0.15) is 5.56 Å². The van der Waals surface area contributed by atoms with E-state index >= 15 is 0 Å². The van der Waals surface area contributed by atoms with E-state index in [2.05, 4.69) is 9.37 Å². The van der Waals surface area contributed by atoms with Crippen molar-refractivity contribution in [3.63, 3.8) is 0 Å². The van der Waals surface area contributed by atoms with Gasteiger partial charge in [-0.15, -0.1) is 0 Å². The minimum Gasteiger partial charge on any atom is -0.691 e. The maximum Gasteiger partial charge on any atom is 1.00 e. The van der Waals surface area contributed by atoms with Gasteiger partial charge in [-0.2, -0.15) is 4.33 Å². The van der Waals surface area contributed by atoms with Crippen LogP contribution in [0.4, 0.5) is 0 Å². The number of aryl methyl sites for hydroxylation is 1. The Labute approximate surface area is 87.3 Å². The van der Waals surface area contributed by atoms with Gasteiger partial charge in [-0.1, -0.05) is 17.7 Å². The first-order valence-corrected chi connectivity index (χ1v) is 3.77. The van der Waals surface area contributed by atoms with E-state index in [9.17, 15) is 5.26 Å². The Morgan fingerprint density at radius 1 is 1.25 bits per heavy atom. The minimum atomic E-state index is 0. The summed E-state index contributed by atoms with van der Waals surface area (Å²) in [5.41, 5.74) is 1.16. The molecular formula is C7H7LiO3S. The molecule has 0 aliphatic rings. The van der Waals surface area contributed by atoms with Crippen molar-refractivity contribution >= 4 is 12.0 Å². The van der Waals surface area contributed by atoms with E-state index in [0.29, 0.717) is 0 Å². The molecule has 0 spiro atoms. The van der Waals surface area contributed by atoms with Crippen molar-refractivity contribution in [2.75, 3.05) is 0 Å². The molecule has 0 N–H and O–H groups in total. The molecule has 0 saturated carbocycles. The van der Waals surface area contributed by atoms with Crippen LogP contribution < -0.4 is 24.1 Å². The third-order valence-corrected chi connectivity index (χ3v) is 1.77. The van der Waals surface area contributed by atoms with Crippen LogP contribution in [0.3, 0.4) is 0 Å². The van der Waals surface area contributed by atoms with Gasteiger partial charge in [-0.25, -0.2) is 0 Å². The van der Waals surface area contributed by atoms with Crippen molar-refractivity contribution < 1.29 is 33.5 Å². The summed E-state index contributed by atoms with van der Waals surface area (Å²) in [5, 5.41) is 12.6. The van der Waals surface area contributed by atoms with E-state index in [1.165, 1.54) is 0 Å². The predicted molar refractivity (Wildman–Crippen MR) is 39.2 cm³/mol. The van der Waals surface area contributed by atoms with Crippen LogP contribution in [0.2, 0.25) is 0 Å². The topological polar surface area (TPSA) is 41.5 Å². The Bertz CT molecular complexity index is 214. The van der Waals surface area contributed by atoms with Gasteiger partial charge in [0.2, 0.25) is 0 Å². The number of rotatable bonds is 3. The molecule has 0 unspecified atom stereocenters. The molecule has 0 fully saturated rings. The molecule has 12 heavy (non-hydrogen) atoms. The summed E-state index contributed by atoms with van der Waals surface area (Å²) in [6.07, 6.45) is 0. The normalized spacial score (nSPS) is 9.17. The molecule has 0 bridgehead atoms. The van der Waals surface area contributed by atoms with Crippen LogP contribution in [0.25, 0.3) is 0 Å². The van der Waals surface area contributed by atoms with Crippen LogP contribution in [-0.4, -0.2) is 0 Å². The van der Waals surface area contributed by atoms with Crippen molar-refractivity contribution in [3.8, 4) is 0 Å². The van der Waals surface area contributed by atoms with Gasteiger partial charge in [0.05, 0.1) is 12.0 Å². The standard InChI is InChI=1S/C7H8O3S.Li/c1-6-2-4-7(5-3-6)11-10-9-8;/h2-5,8H,1H3;/q;+1/p-1. The van der Waals surface area contributed by atoms with E-state index < -0.39 is 0 Å². The molecule has 3 nitrogen and oxygen atoms in total. The van der Waals surface area contributed by atoms with Crippen LogP contribution >= 0.6 is 12.0 Å². The Morgan fingerprint density at radius 3 is 2.33 bits per heavy atom. The fraction of sp³-hybridized carbons (Fsp3) is 0.143. The first kappa shape index (κ1) is 12.0. The predicted octanol–water partition coefficient (Wildman–Crippen LogP) is -1.77. The Morgan fingerprint density at radius 2 is 1.83 bits per heavy atom. The van der Waals surface area contributed by atoms with Crippen LogP contribution in [-0.2, 0) is 9.37 Å².